The zero-order chi connectivity index (χ0) is 15.4. The number of rotatable bonds is 4. The highest BCUT2D eigenvalue weighted by molar-refractivity contribution is 9.10. The first-order valence-corrected chi connectivity index (χ1v) is 7.64. The van der Waals surface area contributed by atoms with E-state index in [1.54, 1.807) is 19.1 Å². The van der Waals surface area contributed by atoms with Crippen LogP contribution in [0.4, 0.5) is 0 Å². The van der Waals surface area contributed by atoms with Crippen LogP contribution in [0.15, 0.2) is 46.9 Å². The Kier molecular flexibility index (Phi) is 5.15. The maximum atomic E-state index is 11.7. The van der Waals surface area contributed by atoms with Gasteiger partial charge in [-0.05, 0) is 54.8 Å². The summed E-state index contributed by atoms with van der Waals surface area (Å²) in [6, 6.07) is 13.4. The molecular formula is C17H18BrNO2. The molecule has 0 aromatic heterocycles. The van der Waals surface area contributed by atoms with Crippen molar-refractivity contribution in [1.29, 1.82) is 0 Å². The maximum absolute atomic E-state index is 11.7. The highest BCUT2D eigenvalue weighted by atomic mass is 79.9. The topological polar surface area (TPSA) is 52.3 Å². The van der Waals surface area contributed by atoms with Crippen LogP contribution in [0, 0.1) is 0 Å². The fourth-order valence-electron chi connectivity index (χ4n) is 2.17. The Morgan fingerprint density at radius 1 is 1.24 bits per heavy atom. The standard InChI is InChI=1S/C17H18BrNO2/c1-3-21-17(20)13-6-4-12(5-7-13)15-9-8-14(18)10-16(15)11(2)19/h4-11H,3,19H2,1-2H3. The number of hydrogen-bond donors (Lipinski definition) is 1. The third-order valence-corrected chi connectivity index (χ3v) is 3.70. The number of carbonyl (C=O) groups is 1. The fourth-order valence-corrected chi connectivity index (χ4v) is 2.55. The van der Waals surface area contributed by atoms with Crippen LogP contribution < -0.4 is 5.73 Å². The molecule has 1 atom stereocenters. The molecule has 0 aliphatic carbocycles. The predicted molar refractivity (Wildman–Crippen MR) is 88.1 cm³/mol. The van der Waals surface area contributed by atoms with Crippen LogP contribution in [0.2, 0.25) is 0 Å². The fraction of sp³-hybridized carbons (Fsp3) is 0.235. The van der Waals surface area contributed by atoms with Crippen molar-refractivity contribution in [3.63, 3.8) is 0 Å². The third kappa shape index (κ3) is 3.71. The second-order valence-electron chi connectivity index (χ2n) is 4.82. The number of ether oxygens (including phenoxy) is 1. The van der Waals surface area contributed by atoms with Gasteiger partial charge in [0.05, 0.1) is 12.2 Å². The Balaban J connectivity index is 2.37. The van der Waals surface area contributed by atoms with Gasteiger partial charge in [0.15, 0.2) is 0 Å². The highest BCUT2D eigenvalue weighted by Crippen LogP contribution is 2.30. The molecule has 0 aliphatic heterocycles. The monoisotopic (exact) mass is 347 g/mol. The number of nitrogens with two attached hydrogens (primary N) is 1. The van der Waals surface area contributed by atoms with Crippen LogP contribution in [0.25, 0.3) is 11.1 Å². The van der Waals surface area contributed by atoms with Crippen LogP contribution in [0.5, 0.6) is 0 Å². The third-order valence-electron chi connectivity index (χ3n) is 3.21. The first kappa shape index (κ1) is 15.7. The molecule has 2 aromatic rings. The second-order valence-corrected chi connectivity index (χ2v) is 5.73. The minimum absolute atomic E-state index is 0.0674. The van der Waals surface area contributed by atoms with Gasteiger partial charge in [0.2, 0.25) is 0 Å². The summed E-state index contributed by atoms with van der Waals surface area (Å²) in [6.45, 7) is 4.13. The van der Waals surface area contributed by atoms with E-state index in [4.69, 9.17) is 10.5 Å². The molecular weight excluding hydrogens is 330 g/mol. The van der Waals surface area contributed by atoms with Gasteiger partial charge in [-0.2, -0.15) is 0 Å². The van der Waals surface area contributed by atoms with Crippen molar-refractivity contribution in [2.24, 2.45) is 5.73 Å². The molecule has 0 amide bonds. The molecule has 110 valence electrons. The van der Waals surface area contributed by atoms with Crippen LogP contribution in [-0.2, 0) is 4.74 Å². The van der Waals surface area contributed by atoms with Gasteiger partial charge >= 0.3 is 5.97 Å². The molecule has 2 rings (SSSR count). The van der Waals surface area contributed by atoms with Crippen LogP contribution >= 0.6 is 15.9 Å². The van der Waals surface area contributed by atoms with E-state index in [-0.39, 0.29) is 12.0 Å². The van der Waals surface area contributed by atoms with Gasteiger partial charge in [-0.1, -0.05) is 34.1 Å². The molecule has 0 saturated carbocycles. The molecule has 2 aromatic carbocycles. The van der Waals surface area contributed by atoms with Crippen molar-refractivity contribution < 1.29 is 9.53 Å². The number of carbonyl (C=O) groups excluding carboxylic acids is 1. The molecule has 0 spiro atoms. The Labute approximate surface area is 133 Å². The van der Waals surface area contributed by atoms with E-state index in [9.17, 15) is 4.79 Å². The SMILES string of the molecule is CCOC(=O)c1ccc(-c2ccc(Br)cc2C(C)N)cc1. The van der Waals surface area contributed by atoms with Crippen molar-refractivity contribution in [3.05, 3.63) is 58.1 Å². The molecule has 0 fully saturated rings. The van der Waals surface area contributed by atoms with Crippen molar-refractivity contribution in [2.45, 2.75) is 19.9 Å². The predicted octanol–water partition coefficient (Wildman–Crippen LogP) is 4.31. The molecule has 2 N–H and O–H groups in total. The summed E-state index contributed by atoms with van der Waals surface area (Å²) in [5.74, 6) is -0.299. The van der Waals surface area contributed by atoms with E-state index in [2.05, 4.69) is 15.9 Å². The largest absolute Gasteiger partial charge is 0.462 e. The molecule has 0 radical (unpaired) electrons. The summed E-state index contributed by atoms with van der Waals surface area (Å²) in [6.07, 6.45) is 0. The molecule has 0 heterocycles. The van der Waals surface area contributed by atoms with Gasteiger partial charge in [-0.15, -0.1) is 0 Å². The van der Waals surface area contributed by atoms with Crippen molar-refractivity contribution in [2.75, 3.05) is 6.61 Å². The second kappa shape index (κ2) is 6.87. The minimum Gasteiger partial charge on any atom is -0.462 e. The quantitative estimate of drug-likeness (QED) is 0.838. The zero-order valence-corrected chi connectivity index (χ0v) is 13.7. The van der Waals surface area contributed by atoms with Crippen LogP contribution in [-0.4, -0.2) is 12.6 Å². The zero-order valence-electron chi connectivity index (χ0n) is 12.1. The van der Waals surface area contributed by atoms with Gasteiger partial charge in [-0.3, -0.25) is 0 Å². The smallest absolute Gasteiger partial charge is 0.338 e. The summed E-state index contributed by atoms with van der Waals surface area (Å²) in [7, 11) is 0. The average molecular weight is 348 g/mol. The summed E-state index contributed by atoms with van der Waals surface area (Å²) < 4.78 is 5.99. The van der Waals surface area contributed by atoms with Crippen LogP contribution in [0.1, 0.15) is 35.8 Å². The Hall–Kier alpha value is -1.65. The summed E-state index contributed by atoms with van der Waals surface area (Å²) in [5, 5.41) is 0. The van der Waals surface area contributed by atoms with Crippen molar-refractivity contribution >= 4 is 21.9 Å². The maximum Gasteiger partial charge on any atom is 0.338 e. The first-order valence-electron chi connectivity index (χ1n) is 6.85. The minimum atomic E-state index is -0.299. The average Bonchev–Trinajstić information content (AvgIpc) is 2.47. The lowest BCUT2D eigenvalue weighted by molar-refractivity contribution is 0.0526. The Bertz CT molecular complexity index is 636. The van der Waals surface area contributed by atoms with E-state index >= 15 is 0 Å². The molecule has 21 heavy (non-hydrogen) atoms. The van der Waals surface area contributed by atoms with Crippen molar-refractivity contribution in [1.82, 2.24) is 0 Å². The molecule has 1 unspecified atom stereocenters. The normalized spacial score (nSPS) is 12.0. The highest BCUT2D eigenvalue weighted by Gasteiger charge is 2.11. The molecule has 3 nitrogen and oxygen atoms in total. The molecule has 0 aliphatic rings. The van der Waals surface area contributed by atoms with Gasteiger partial charge < -0.3 is 10.5 Å². The lowest BCUT2D eigenvalue weighted by atomic mass is 9.95. The summed E-state index contributed by atoms with van der Waals surface area (Å²) in [4.78, 5) is 11.7. The summed E-state index contributed by atoms with van der Waals surface area (Å²) in [5.41, 5.74) is 9.77. The molecule has 0 bridgehead atoms. The number of benzene rings is 2. The number of esters is 1. The molecule has 4 heteroatoms. The number of hydrogen-bond acceptors (Lipinski definition) is 3. The first-order chi connectivity index (χ1) is 10.0. The van der Waals surface area contributed by atoms with E-state index in [1.165, 1.54) is 0 Å². The Morgan fingerprint density at radius 3 is 2.48 bits per heavy atom. The lowest BCUT2D eigenvalue weighted by Gasteiger charge is -2.14. The lowest BCUT2D eigenvalue weighted by Crippen LogP contribution is -2.07. The molecule has 0 saturated heterocycles. The van der Waals surface area contributed by atoms with Gasteiger partial charge in [0.25, 0.3) is 0 Å². The van der Waals surface area contributed by atoms with Gasteiger partial charge in [0, 0.05) is 10.5 Å². The van der Waals surface area contributed by atoms with Crippen LogP contribution in [0.3, 0.4) is 0 Å². The van der Waals surface area contributed by atoms with Gasteiger partial charge in [0.1, 0.15) is 0 Å². The summed E-state index contributed by atoms with van der Waals surface area (Å²) >= 11 is 3.47. The van der Waals surface area contributed by atoms with E-state index in [1.807, 2.05) is 37.3 Å². The number of halogens is 1. The van der Waals surface area contributed by atoms with Crippen molar-refractivity contribution in [3.8, 4) is 11.1 Å². The van der Waals surface area contributed by atoms with E-state index < -0.39 is 0 Å². The van der Waals surface area contributed by atoms with E-state index in [0.717, 1.165) is 21.2 Å². The Morgan fingerprint density at radius 2 is 1.90 bits per heavy atom. The van der Waals surface area contributed by atoms with E-state index in [0.29, 0.717) is 12.2 Å². The van der Waals surface area contributed by atoms with Gasteiger partial charge in [-0.25, -0.2) is 4.79 Å².